The molecule has 2 heterocycles. The van der Waals surface area contributed by atoms with Gasteiger partial charge in [0.15, 0.2) is 0 Å². The Morgan fingerprint density at radius 3 is 3.08 bits per heavy atom. The highest BCUT2D eigenvalue weighted by Crippen LogP contribution is 2.35. The third-order valence-corrected chi connectivity index (χ3v) is 2.74. The van der Waals surface area contributed by atoms with Crippen LogP contribution in [0.2, 0.25) is 0 Å². The first-order valence-corrected chi connectivity index (χ1v) is 4.70. The van der Waals surface area contributed by atoms with Crippen molar-refractivity contribution < 1.29 is 0 Å². The quantitative estimate of drug-likeness (QED) is 0.656. The minimum Gasteiger partial charge on any atom is -0.371 e. The van der Waals surface area contributed by atoms with Gasteiger partial charge >= 0.3 is 0 Å². The molecule has 0 fully saturated rings. The third-order valence-electron chi connectivity index (χ3n) is 2.74. The first-order chi connectivity index (χ1) is 5.79. The second-order valence-corrected chi connectivity index (χ2v) is 3.87. The van der Waals surface area contributed by atoms with E-state index in [2.05, 4.69) is 30.2 Å². The fraction of sp³-hybridized carbons (Fsp3) is 0.600. The zero-order valence-corrected chi connectivity index (χ0v) is 7.72. The highest BCUT2D eigenvalue weighted by atomic mass is 15.0. The summed E-state index contributed by atoms with van der Waals surface area (Å²) in [5.74, 6) is 2.73. The first-order valence-electron chi connectivity index (χ1n) is 4.70. The van der Waals surface area contributed by atoms with Crippen LogP contribution in [0.1, 0.15) is 31.7 Å². The smallest absolute Gasteiger partial charge is 0.106 e. The van der Waals surface area contributed by atoms with Crippen LogP contribution in [-0.2, 0) is 0 Å². The van der Waals surface area contributed by atoms with Gasteiger partial charge in [-0.25, -0.2) is 0 Å². The van der Waals surface area contributed by atoms with Crippen molar-refractivity contribution in [1.29, 1.82) is 0 Å². The van der Waals surface area contributed by atoms with Crippen LogP contribution in [0.25, 0.3) is 0 Å². The van der Waals surface area contributed by atoms with E-state index in [1.165, 1.54) is 17.8 Å². The minimum absolute atomic E-state index is 0.743. The lowest BCUT2D eigenvalue weighted by Gasteiger charge is -2.26. The number of hydrogen-bond acceptors (Lipinski definition) is 1. The predicted octanol–water partition coefficient (Wildman–Crippen LogP) is 2.57. The third kappa shape index (κ3) is 1.11. The summed E-state index contributed by atoms with van der Waals surface area (Å²) in [6.45, 7) is 5.70. The van der Waals surface area contributed by atoms with Crippen LogP contribution in [0.15, 0.2) is 12.3 Å². The van der Waals surface area contributed by atoms with Crippen molar-refractivity contribution in [3.8, 4) is 0 Å². The molecule has 2 rings (SSSR count). The molecule has 0 saturated heterocycles. The lowest BCUT2D eigenvalue weighted by Crippen LogP contribution is -2.19. The monoisotopic (exact) mass is 164 g/mol. The van der Waals surface area contributed by atoms with E-state index < -0.39 is 0 Å². The molecule has 2 heteroatoms. The van der Waals surface area contributed by atoms with Gasteiger partial charge in [-0.3, -0.25) is 0 Å². The van der Waals surface area contributed by atoms with Crippen LogP contribution in [0.5, 0.6) is 0 Å². The fourth-order valence-electron chi connectivity index (χ4n) is 2.04. The Labute approximate surface area is 73.4 Å². The van der Waals surface area contributed by atoms with E-state index >= 15 is 0 Å². The van der Waals surface area contributed by atoms with Gasteiger partial charge in [0.25, 0.3) is 0 Å². The largest absolute Gasteiger partial charge is 0.371 e. The molecular weight excluding hydrogens is 148 g/mol. The van der Waals surface area contributed by atoms with E-state index in [0.29, 0.717) is 0 Å². The van der Waals surface area contributed by atoms with Gasteiger partial charge in [-0.2, -0.15) is 0 Å². The number of anilines is 1. The van der Waals surface area contributed by atoms with Gasteiger partial charge in [0.05, 0.1) is 0 Å². The van der Waals surface area contributed by atoms with Crippen LogP contribution < -0.4 is 5.32 Å². The molecule has 2 nitrogen and oxygen atoms in total. The molecule has 0 aliphatic carbocycles. The summed E-state index contributed by atoms with van der Waals surface area (Å²) in [7, 11) is 0. The average molecular weight is 164 g/mol. The molecular formula is C10H16N2. The van der Waals surface area contributed by atoms with Crippen LogP contribution in [-0.4, -0.2) is 11.5 Å². The number of hydrogen-bond donors (Lipinski definition) is 2. The van der Waals surface area contributed by atoms with Gasteiger partial charge < -0.3 is 10.3 Å². The summed E-state index contributed by atoms with van der Waals surface area (Å²) in [5.41, 5.74) is 1.47. The Morgan fingerprint density at radius 2 is 2.33 bits per heavy atom. The standard InChI is InChI=1S/C10H16N2/c1-7(2)8-3-5-11-10-9(8)4-6-12-10/h4,6-8,11-12H,3,5H2,1-2H3. The van der Waals surface area contributed by atoms with Crippen LogP contribution in [0.3, 0.4) is 0 Å². The van der Waals surface area contributed by atoms with Crippen molar-refractivity contribution in [3.63, 3.8) is 0 Å². The van der Waals surface area contributed by atoms with Crippen LogP contribution >= 0.6 is 0 Å². The van der Waals surface area contributed by atoms with E-state index in [1.54, 1.807) is 0 Å². The summed E-state index contributed by atoms with van der Waals surface area (Å²) >= 11 is 0. The molecule has 1 aromatic rings. The van der Waals surface area contributed by atoms with Crippen molar-refractivity contribution in [1.82, 2.24) is 4.98 Å². The molecule has 0 bridgehead atoms. The second-order valence-electron chi connectivity index (χ2n) is 3.87. The van der Waals surface area contributed by atoms with E-state index in [-0.39, 0.29) is 0 Å². The predicted molar refractivity (Wildman–Crippen MR) is 51.5 cm³/mol. The molecule has 0 radical (unpaired) electrons. The number of aromatic amines is 1. The summed E-state index contributed by atoms with van der Waals surface area (Å²) in [5, 5.41) is 3.37. The molecule has 12 heavy (non-hydrogen) atoms. The zero-order valence-electron chi connectivity index (χ0n) is 7.72. The Morgan fingerprint density at radius 1 is 1.50 bits per heavy atom. The maximum atomic E-state index is 3.37. The van der Waals surface area contributed by atoms with Gasteiger partial charge in [-0.15, -0.1) is 0 Å². The molecule has 1 aliphatic rings. The molecule has 1 unspecified atom stereocenters. The maximum Gasteiger partial charge on any atom is 0.106 e. The SMILES string of the molecule is CC(C)C1CCNc2[nH]ccc21. The maximum absolute atomic E-state index is 3.37. The molecule has 1 aliphatic heterocycles. The van der Waals surface area contributed by atoms with Crippen molar-refractivity contribution in [2.75, 3.05) is 11.9 Å². The average Bonchev–Trinajstić information content (AvgIpc) is 2.49. The zero-order chi connectivity index (χ0) is 8.55. The molecule has 0 aromatic carbocycles. The molecule has 1 aromatic heterocycles. The second kappa shape index (κ2) is 2.85. The fourth-order valence-corrected chi connectivity index (χ4v) is 2.04. The Kier molecular flexibility index (Phi) is 1.83. The van der Waals surface area contributed by atoms with Gasteiger partial charge in [0.1, 0.15) is 5.82 Å². The summed E-state index contributed by atoms with van der Waals surface area (Å²) in [6, 6.07) is 2.20. The number of nitrogens with one attached hydrogen (secondary N) is 2. The number of aromatic nitrogens is 1. The first kappa shape index (κ1) is 7.71. The van der Waals surface area contributed by atoms with E-state index in [0.717, 1.165) is 18.4 Å². The summed E-state index contributed by atoms with van der Waals surface area (Å²) in [4.78, 5) is 3.23. The number of H-pyrrole nitrogens is 1. The van der Waals surface area contributed by atoms with Crippen LogP contribution in [0, 0.1) is 5.92 Å². The van der Waals surface area contributed by atoms with E-state index in [4.69, 9.17) is 0 Å². The Balaban J connectivity index is 2.31. The van der Waals surface area contributed by atoms with Crippen molar-refractivity contribution in [2.24, 2.45) is 5.92 Å². The van der Waals surface area contributed by atoms with Crippen molar-refractivity contribution in [3.05, 3.63) is 17.8 Å². The van der Waals surface area contributed by atoms with Gasteiger partial charge in [0.2, 0.25) is 0 Å². The lowest BCUT2D eigenvalue weighted by molar-refractivity contribution is 0.469. The number of rotatable bonds is 1. The van der Waals surface area contributed by atoms with Crippen molar-refractivity contribution in [2.45, 2.75) is 26.2 Å². The van der Waals surface area contributed by atoms with Gasteiger partial charge in [-0.05, 0) is 29.9 Å². The lowest BCUT2D eigenvalue weighted by atomic mass is 9.85. The molecule has 0 saturated carbocycles. The van der Waals surface area contributed by atoms with Gasteiger partial charge in [0, 0.05) is 12.7 Å². The topological polar surface area (TPSA) is 27.8 Å². The summed E-state index contributed by atoms with van der Waals surface area (Å²) in [6.07, 6.45) is 3.29. The molecule has 1 atom stereocenters. The highest BCUT2D eigenvalue weighted by molar-refractivity contribution is 5.49. The number of fused-ring (bicyclic) bond motifs is 1. The molecule has 0 spiro atoms. The Hall–Kier alpha value is -0.920. The van der Waals surface area contributed by atoms with Crippen LogP contribution in [0.4, 0.5) is 5.82 Å². The Bertz CT molecular complexity index is 263. The van der Waals surface area contributed by atoms with Crippen molar-refractivity contribution >= 4 is 5.82 Å². The molecule has 2 N–H and O–H groups in total. The normalized spacial score (nSPS) is 22.1. The minimum atomic E-state index is 0.743. The highest BCUT2D eigenvalue weighted by Gasteiger charge is 2.22. The van der Waals surface area contributed by atoms with Gasteiger partial charge in [-0.1, -0.05) is 13.8 Å². The van der Waals surface area contributed by atoms with E-state index in [9.17, 15) is 0 Å². The molecule has 0 amide bonds. The summed E-state index contributed by atoms with van der Waals surface area (Å²) < 4.78 is 0. The van der Waals surface area contributed by atoms with E-state index in [1.807, 2.05) is 6.20 Å². The molecule has 66 valence electrons.